The molecule has 2 aromatic heterocycles. The first-order valence-corrected chi connectivity index (χ1v) is 8.57. The molecule has 0 radical (unpaired) electrons. The first-order valence-electron chi connectivity index (χ1n) is 8.57. The van der Waals surface area contributed by atoms with E-state index in [1.165, 1.54) is 11.1 Å². The number of fused-ring (bicyclic) bond motifs is 1. The lowest BCUT2D eigenvalue weighted by Crippen LogP contribution is -2.34. The Morgan fingerprint density at radius 3 is 2.92 bits per heavy atom. The summed E-state index contributed by atoms with van der Waals surface area (Å²) < 4.78 is 5.14. The third-order valence-corrected chi connectivity index (χ3v) is 5.01. The summed E-state index contributed by atoms with van der Waals surface area (Å²) in [6.45, 7) is 8.98. The van der Waals surface area contributed by atoms with Crippen molar-refractivity contribution in [1.29, 1.82) is 0 Å². The molecule has 1 saturated heterocycles. The molecule has 3 aromatic rings. The number of likely N-dealkylation sites (tertiary alicyclic amines) is 1. The number of aromatic amines is 1. The molecular weight excluding hydrogens is 302 g/mol. The van der Waals surface area contributed by atoms with Crippen LogP contribution in [-0.4, -0.2) is 38.1 Å². The smallest absolute Gasteiger partial charge is 0.223 e. The molecule has 3 heterocycles. The molecule has 4 rings (SSSR count). The highest BCUT2D eigenvalue weighted by molar-refractivity contribution is 5.79. The number of piperidine rings is 1. The van der Waals surface area contributed by atoms with E-state index in [0.29, 0.717) is 11.8 Å². The number of nitrogens with one attached hydrogen (secondary N) is 1. The minimum Gasteiger partial charge on any atom is -0.341 e. The Morgan fingerprint density at radius 1 is 1.25 bits per heavy atom. The Labute approximate surface area is 141 Å². The standard InChI is InChI=1S/C18H23N5O/c1-11-6-7-15-17(12(11)2)21-16(20-15)10-23-8-4-5-14(9-23)18-19-13(3)24-22-18/h6-7,14H,4-5,8-10H2,1-3H3,(H,20,21)/t14-/m1/s1. The van der Waals surface area contributed by atoms with Crippen molar-refractivity contribution < 1.29 is 4.52 Å². The Bertz CT molecular complexity index is 866. The summed E-state index contributed by atoms with van der Waals surface area (Å²) in [6.07, 6.45) is 2.27. The molecule has 0 saturated carbocycles. The predicted molar refractivity (Wildman–Crippen MR) is 91.9 cm³/mol. The molecule has 1 N–H and O–H groups in total. The molecule has 1 fully saturated rings. The van der Waals surface area contributed by atoms with E-state index in [-0.39, 0.29) is 0 Å². The highest BCUT2D eigenvalue weighted by atomic mass is 16.5. The van der Waals surface area contributed by atoms with Crippen molar-refractivity contribution in [3.05, 3.63) is 40.8 Å². The lowest BCUT2D eigenvalue weighted by molar-refractivity contribution is 0.191. The highest BCUT2D eigenvalue weighted by Gasteiger charge is 2.25. The number of benzene rings is 1. The molecule has 0 unspecified atom stereocenters. The van der Waals surface area contributed by atoms with E-state index in [4.69, 9.17) is 9.51 Å². The quantitative estimate of drug-likeness (QED) is 0.800. The Kier molecular flexibility index (Phi) is 3.84. The van der Waals surface area contributed by atoms with Gasteiger partial charge in [0.2, 0.25) is 5.89 Å². The molecule has 0 amide bonds. The van der Waals surface area contributed by atoms with Crippen LogP contribution in [0.25, 0.3) is 11.0 Å². The van der Waals surface area contributed by atoms with E-state index in [0.717, 1.165) is 55.2 Å². The molecule has 1 aromatic carbocycles. The molecule has 6 nitrogen and oxygen atoms in total. The van der Waals surface area contributed by atoms with Crippen molar-refractivity contribution in [2.75, 3.05) is 13.1 Å². The summed E-state index contributed by atoms with van der Waals surface area (Å²) in [5.41, 5.74) is 4.75. The first kappa shape index (κ1) is 15.3. The fraction of sp³-hybridized carbons (Fsp3) is 0.500. The second-order valence-electron chi connectivity index (χ2n) is 6.83. The largest absolute Gasteiger partial charge is 0.341 e. The summed E-state index contributed by atoms with van der Waals surface area (Å²) in [5, 5.41) is 4.10. The fourth-order valence-corrected chi connectivity index (χ4v) is 3.54. The van der Waals surface area contributed by atoms with Gasteiger partial charge >= 0.3 is 0 Å². The second-order valence-corrected chi connectivity index (χ2v) is 6.83. The maximum atomic E-state index is 5.14. The number of rotatable bonds is 3. The number of nitrogens with zero attached hydrogens (tertiary/aromatic N) is 4. The molecule has 24 heavy (non-hydrogen) atoms. The van der Waals surface area contributed by atoms with Crippen LogP contribution in [0.1, 0.15) is 47.4 Å². The van der Waals surface area contributed by atoms with E-state index >= 15 is 0 Å². The lowest BCUT2D eigenvalue weighted by Gasteiger charge is -2.30. The Morgan fingerprint density at radius 2 is 2.12 bits per heavy atom. The van der Waals surface area contributed by atoms with Crippen LogP contribution in [0.5, 0.6) is 0 Å². The zero-order valence-electron chi connectivity index (χ0n) is 14.5. The normalized spacial score (nSPS) is 19.2. The Hall–Kier alpha value is -2.21. The topological polar surface area (TPSA) is 70.8 Å². The predicted octanol–water partition coefficient (Wildman–Crippen LogP) is 3.25. The third-order valence-electron chi connectivity index (χ3n) is 5.01. The van der Waals surface area contributed by atoms with Gasteiger partial charge in [0, 0.05) is 19.4 Å². The summed E-state index contributed by atoms with van der Waals surface area (Å²) in [5.74, 6) is 2.87. The first-order chi connectivity index (χ1) is 11.6. The van der Waals surface area contributed by atoms with E-state index in [1.807, 2.05) is 6.92 Å². The van der Waals surface area contributed by atoms with Crippen LogP contribution >= 0.6 is 0 Å². The van der Waals surface area contributed by atoms with E-state index in [1.54, 1.807) is 0 Å². The van der Waals surface area contributed by atoms with E-state index < -0.39 is 0 Å². The summed E-state index contributed by atoms with van der Waals surface area (Å²) in [6, 6.07) is 4.27. The summed E-state index contributed by atoms with van der Waals surface area (Å²) >= 11 is 0. The lowest BCUT2D eigenvalue weighted by atomic mass is 9.97. The number of imidazole rings is 1. The number of hydrogen-bond acceptors (Lipinski definition) is 5. The molecular formula is C18H23N5O. The van der Waals surface area contributed by atoms with Gasteiger partial charge in [-0.2, -0.15) is 4.98 Å². The van der Waals surface area contributed by atoms with Crippen molar-refractivity contribution in [3.8, 4) is 0 Å². The Balaban J connectivity index is 1.51. The van der Waals surface area contributed by atoms with Crippen molar-refractivity contribution in [2.45, 2.75) is 46.1 Å². The van der Waals surface area contributed by atoms with Crippen LogP contribution in [0, 0.1) is 20.8 Å². The van der Waals surface area contributed by atoms with Crippen LogP contribution in [0.15, 0.2) is 16.7 Å². The van der Waals surface area contributed by atoms with Gasteiger partial charge in [-0.1, -0.05) is 11.2 Å². The molecule has 1 aliphatic rings. The maximum absolute atomic E-state index is 5.14. The zero-order valence-corrected chi connectivity index (χ0v) is 14.5. The van der Waals surface area contributed by atoms with Gasteiger partial charge in [-0.25, -0.2) is 4.98 Å². The highest BCUT2D eigenvalue weighted by Crippen LogP contribution is 2.26. The summed E-state index contributed by atoms with van der Waals surface area (Å²) in [4.78, 5) is 15.1. The average molecular weight is 325 g/mol. The van der Waals surface area contributed by atoms with Gasteiger partial charge in [0.25, 0.3) is 0 Å². The van der Waals surface area contributed by atoms with Crippen LogP contribution in [0.2, 0.25) is 0 Å². The van der Waals surface area contributed by atoms with Crippen molar-refractivity contribution in [2.24, 2.45) is 0 Å². The number of aromatic nitrogens is 4. The van der Waals surface area contributed by atoms with Crippen LogP contribution in [-0.2, 0) is 6.54 Å². The van der Waals surface area contributed by atoms with Gasteiger partial charge in [0.15, 0.2) is 5.82 Å². The van der Waals surface area contributed by atoms with Gasteiger partial charge in [-0.15, -0.1) is 0 Å². The van der Waals surface area contributed by atoms with Crippen LogP contribution in [0.3, 0.4) is 0 Å². The van der Waals surface area contributed by atoms with Crippen molar-refractivity contribution in [1.82, 2.24) is 25.0 Å². The summed E-state index contributed by atoms with van der Waals surface area (Å²) in [7, 11) is 0. The van der Waals surface area contributed by atoms with Gasteiger partial charge in [0.1, 0.15) is 5.82 Å². The van der Waals surface area contributed by atoms with Gasteiger partial charge in [-0.3, -0.25) is 4.90 Å². The van der Waals surface area contributed by atoms with E-state index in [2.05, 4.69) is 46.0 Å². The number of aryl methyl sites for hydroxylation is 3. The van der Waals surface area contributed by atoms with Gasteiger partial charge in [0.05, 0.1) is 17.6 Å². The minimum atomic E-state index is 0.351. The molecule has 126 valence electrons. The van der Waals surface area contributed by atoms with Crippen molar-refractivity contribution in [3.63, 3.8) is 0 Å². The van der Waals surface area contributed by atoms with Crippen LogP contribution < -0.4 is 0 Å². The molecule has 0 aliphatic carbocycles. The molecule has 0 spiro atoms. The molecule has 1 aliphatic heterocycles. The van der Waals surface area contributed by atoms with E-state index in [9.17, 15) is 0 Å². The van der Waals surface area contributed by atoms with Crippen molar-refractivity contribution >= 4 is 11.0 Å². The third kappa shape index (κ3) is 2.82. The molecule has 1 atom stereocenters. The monoisotopic (exact) mass is 325 g/mol. The number of hydrogen-bond donors (Lipinski definition) is 1. The SMILES string of the molecule is Cc1nc([C@@H]2CCCN(Cc3nc4c(C)c(C)ccc4[nH]3)C2)no1. The average Bonchev–Trinajstić information content (AvgIpc) is 3.18. The second kappa shape index (κ2) is 6.02. The zero-order chi connectivity index (χ0) is 16.7. The van der Waals surface area contributed by atoms with Crippen LogP contribution in [0.4, 0.5) is 0 Å². The number of H-pyrrole nitrogens is 1. The molecule has 6 heteroatoms. The van der Waals surface area contributed by atoms with Gasteiger partial charge < -0.3 is 9.51 Å². The minimum absolute atomic E-state index is 0.351. The van der Waals surface area contributed by atoms with Gasteiger partial charge in [-0.05, 0) is 50.4 Å². The molecule has 0 bridgehead atoms. The fourth-order valence-electron chi connectivity index (χ4n) is 3.54. The maximum Gasteiger partial charge on any atom is 0.223 e.